The molecule has 0 aromatic heterocycles. The van der Waals surface area contributed by atoms with Crippen LogP contribution < -0.4 is 9.47 Å². The van der Waals surface area contributed by atoms with Crippen molar-refractivity contribution in [2.24, 2.45) is 0 Å². The van der Waals surface area contributed by atoms with Gasteiger partial charge in [-0.25, -0.2) is 4.79 Å². The summed E-state index contributed by atoms with van der Waals surface area (Å²) in [6.07, 6.45) is 18.9. The zero-order chi connectivity index (χ0) is 27.6. The maximum absolute atomic E-state index is 12.2. The van der Waals surface area contributed by atoms with Crippen LogP contribution in [-0.4, -0.2) is 11.1 Å². The number of rotatable bonds is 20. The molecule has 0 aliphatic heterocycles. The number of hydrogen-bond acceptors (Lipinski definition) is 4. The number of carbonyl (C=O) groups excluding carboxylic acids is 1. The first kappa shape index (κ1) is 31.5. The van der Waals surface area contributed by atoms with Crippen LogP contribution in [0.15, 0.2) is 48.6 Å². The van der Waals surface area contributed by atoms with Crippen LogP contribution in [0, 0.1) is 0 Å². The number of aromatic hydroxyl groups is 1. The van der Waals surface area contributed by atoms with Crippen molar-refractivity contribution in [1.82, 2.24) is 0 Å². The molecule has 0 heterocycles. The van der Waals surface area contributed by atoms with Crippen LogP contribution in [0.2, 0.25) is 0 Å². The van der Waals surface area contributed by atoms with E-state index in [2.05, 4.69) is 20.4 Å². The van der Waals surface area contributed by atoms with Gasteiger partial charge in [-0.15, -0.1) is 0 Å². The minimum Gasteiger partial charge on any atom is -0.508 e. The molecular formula is C34H50O4. The van der Waals surface area contributed by atoms with E-state index in [9.17, 15) is 9.90 Å². The second kappa shape index (κ2) is 18.5. The third kappa shape index (κ3) is 12.2. The van der Waals surface area contributed by atoms with Crippen LogP contribution in [-0.2, 0) is 17.6 Å². The van der Waals surface area contributed by atoms with Crippen molar-refractivity contribution in [1.29, 1.82) is 0 Å². The van der Waals surface area contributed by atoms with Gasteiger partial charge in [0.25, 0.3) is 0 Å². The summed E-state index contributed by atoms with van der Waals surface area (Å²) in [6.45, 7) is 9.83. The Balaban J connectivity index is 2.01. The summed E-state index contributed by atoms with van der Waals surface area (Å²) in [4.78, 5) is 12.2. The van der Waals surface area contributed by atoms with E-state index in [-0.39, 0.29) is 0 Å². The lowest BCUT2D eigenvalue weighted by Gasteiger charge is -2.14. The second-order valence-electron chi connectivity index (χ2n) is 10.6. The molecule has 0 radical (unpaired) electrons. The second-order valence-corrected chi connectivity index (χ2v) is 10.6. The third-order valence-electron chi connectivity index (χ3n) is 6.97. The average molecular weight is 523 g/mol. The summed E-state index contributed by atoms with van der Waals surface area (Å²) in [6, 6.07) is 11.1. The van der Waals surface area contributed by atoms with Crippen LogP contribution in [0.1, 0.15) is 122 Å². The molecule has 0 unspecified atom stereocenters. The Labute approximate surface area is 231 Å². The summed E-state index contributed by atoms with van der Waals surface area (Å²) in [5.74, 6) is 1.89. The highest BCUT2D eigenvalue weighted by atomic mass is 16.5. The maximum atomic E-state index is 12.2. The number of phenols is 1. The summed E-state index contributed by atoms with van der Waals surface area (Å²) < 4.78 is 11.8. The van der Waals surface area contributed by atoms with Gasteiger partial charge in [0.05, 0.1) is 0 Å². The normalized spacial score (nSPS) is 10.9. The van der Waals surface area contributed by atoms with Crippen molar-refractivity contribution in [3.63, 3.8) is 0 Å². The average Bonchev–Trinajstić information content (AvgIpc) is 2.90. The molecule has 2 aromatic rings. The van der Waals surface area contributed by atoms with Crippen molar-refractivity contribution >= 4 is 5.97 Å². The molecule has 0 aliphatic carbocycles. The van der Waals surface area contributed by atoms with Crippen molar-refractivity contribution in [3.05, 3.63) is 59.7 Å². The molecule has 210 valence electrons. The fourth-order valence-electron chi connectivity index (χ4n) is 4.61. The van der Waals surface area contributed by atoms with E-state index in [1.807, 2.05) is 24.3 Å². The van der Waals surface area contributed by atoms with Gasteiger partial charge < -0.3 is 14.6 Å². The van der Waals surface area contributed by atoms with Crippen LogP contribution in [0.4, 0.5) is 0 Å². The van der Waals surface area contributed by atoms with Crippen LogP contribution in [0.25, 0.3) is 0 Å². The SMILES string of the molecule is C=C(C)C(=O)Oc1ccc(Oc2ccc(O)c(CCCCCCCCC)c2)cc1CCCCCCCCC. The molecule has 0 amide bonds. The molecule has 0 saturated heterocycles. The van der Waals surface area contributed by atoms with Gasteiger partial charge in [-0.05, 0) is 80.1 Å². The Morgan fingerprint density at radius 2 is 1.18 bits per heavy atom. The van der Waals surface area contributed by atoms with E-state index in [1.54, 1.807) is 19.1 Å². The lowest BCUT2D eigenvalue weighted by Crippen LogP contribution is -2.10. The highest BCUT2D eigenvalue weighted by molar-refractivity contribution is 5.89. The van der Waals surface area contributed by atoms with Crippen molar-refractivity contribution in [2.45, 2.75) is 124 Å². The van der Waals surface area contributed by atoms with Gasteiger partial charge in [0.1, 0.15) is 23.0 Å². The topological polar surface area (TPSA) is 55.8 Å². The van der Waals surface area contributed by atoms with Crippen molar-refractivity contribution < 1.29 is 19.4 Å². The molecule has 0 spiro atoms. The number of hydrogen-bond donors (Lipinski definition) is 1. The first-order chi connectivity index (χ1) is 18.4. The Morgan fingerprint density at radius 1 is 0.711 bits per heavy atom. The zero-order valence-electron chi connectivity index (χ0n) is 24.2. The Bertz CT molecular complexity index is 978. The molecule has 0 atom stereocenters. The summed E-state index contributed by atoms with van der Waals surface area (Å²) in [7, 11) is 0. The minimum atomic E-state index is -0.409. The molecule has 4 nitrogen and oxygen atoms in total. The van der Waals surface area contributed by atoms with Crippen LogP contribution in [0.3, 0.4) is 0 Å². The zero-order valence-corrected chi connectivity index (χ0v) is 24.2. The van der Waals surface area contributed by atoms with Crippen molar-refractivity contribution in [2.75, 3.05) is 0 Å². The number of ether oxygens (including phenoxy) is 2. The maximum Gasteiger partial charge on any atom is 0.338 e. The fraction of sp³-hybridized carbons (Fsp3) is 0.559. The molecule has 4 heteroatoms. The van der Waals surface area contributed by atoms with Gasteiger partial charge in [0.2, 0.25) is 0 Å². The first-order valence-electron chi connectivity index (χ1n) is 14.9. The largest absolute Gasteiger partial charge is 0.508 e. The lowest BCUT2D eigenvalue weighted by atomic mass is 10.0. The summed E-state index contributed by atoms with van der Waals surface area (Å²) in [5, 5.41) is 10.4. The monoisotopic (exact) mass is 522 g/mol. The van der Waals surface area contributed by atoms with Gasteiger partial charge in [0.15, 0.2) is 0 Å². The summed E-state index contributed by atoms with van der Waals surface area (Å²) >= 11 is 0. The molecular weight excluding hydrogens is 472 g/mol. The number of benzene rings is 2. The van der Waals surface area contributed by atoms with Gasteiger partial charge in [-0.1, -0.05) is 97.5 Å². The number of unbranched alkanes of at least 4 members (excludes halogenated alkanes) is 12. The van der Waals surface area contributed by atoms with Crippen LogP contribution in [0.5, 0.6) is 23.0 Å². The molecule has 1 N–H and O–H groups in total. The molecule has 2 rings (SSSR count). The van der Waals surface area contributed by atoms with Gasteiger partial charge in [-0.2, -0.15) is 0 Å². The minimum absolute atomic E-state index is 0.324. The standard InChI is InChI=1S/C34H50O4/c1-5-7-9-11-13-15-17-19-28-25-30(21-23-32(28)35)37-31-22-24-33(38-34(36)27(3)4)29(26-31)20-18-16-14-12-10-8-6-2/h21-26,35H,3,5-20H2,1-2,4H3. The van der Waals surface area contributed by atoms with Gasteiger partial charge in [-0.3, -0.25) is 0 Å². The predicted molar refractivity (Wildman–Crippen MR) is 158 cm³/mol. The molecule has 0 saturated carbocycles. The Morgan fingerprint density at radius 3 is 1.74 bits per heavy atom. The molecule has 0 bridgehead atoms. The number of phenolic OH excluding ortho intramolecular Hbond substituents is 1. The summed E-state index contributed by atoms with van der Waals surface area (Å²) in [5.41, 5.74) is 2.27. The van der Waals surface area contributed by atoms with Gasteiger partial charge >= 0.3 is 5.97 Å². The fourth-order valence-corrected chi connectivity index (χ4v) is 4.61. The lowest BCUT2D eigenvalue weighted by molar-refractivity contribution is -0.130. The molecule has 0 aliphatic rings. The predicted octanol–water partition coefficient (Wildman–Crippen LogP) is 10.3. The first-order valence-corrected chi connectivity index (χ1v) is 14.9. The molecule has 38 heavy (non-hydrogen) atoms. The van der Waals surface area contributed by atoms with E-state index in [4.69, 9.17) is 9.47 Å². The van der Waals surface area contributed by atoms with Crippen molar-refractivity contribution in [3.8, 4) is 23.0 Å². The van der Waals surface area contributed by atoms with E-state index in [1.165, 1.54) is 70.6 Å². The Hall–Kier alpha value is -2.75. The quantitative estimate of drug-likeness (QED) is 0.0813. The highest BCUT2D eigenvalue weighted by Gasteiger charge is 2.13. The third-order valence-corrected chi connectivity index (χ3v) is 6.97. The van der Waals surface area contributed by atoms with E-state index in [0.717, 1.165) is 43.2 Å². The van der Waals surface area contributed by atoms with Gasteiger partial charge in [0, 0.05) is 5.57 Å². The number of aryl methyl sites for hydroxylation is 2. The number of esters is 1. The van der Waals surface area contributed by atoms with Crippen LogP contribution >= 0.6 is 0 Å². The smallest absolute Gasteiger partial charge is 0.338 e. The van der Waals surface area contributed by atoms with E-state index < -0.39 is 5.97 Å². The number of carbonyl (C=O) groups is 1. The highest BCUT2D eigenvalue weighted by Crippen LogP contribution is 2.32. The Kier molecular flexibility index (Phi) is 15.3. The molecule has 0 fully saturated rings. The van der Waals surface area contributed by atoms with E-state index >= 15 is 0 Å². The molecule has 2 aromatic carbocycles. The van der Waals surface area contributed by atoms with E-state index in [0.29, 0.717) is 28.6 Å².